The summed E-state index contributed by atoms with van der Waals surface area (Å²) in [6, 6.07) is 8.14. The van der Waals surface area contributed by atoms with E-state index in [1.165, 1.54) is 5.01 Å². The first-order valence-corrected chi connectivity index (χ1v) is 9.73. The number of hydrogen-bond donors (Lipinski definition) is 1. The second-order valence-electron chi connectivity index (χ2n) is 6.18. The van der Waals surface area contributed by atoms with Crippen LogP contribution in [0.2, 0.25) is 0 Å². The van der Waals surface area contributed by atoms with Gasteiger partial charge in [0.05, 0.1) is 10.4 Å². The molecule has 23 heavy (non-hydrogen) atoms. The summed E-state index contributed by atoms with van der Waals surface area (Å²) in [5.74, 6) is 0.185. The van der Waals surface area contributed by atoms with Gasteiger partial charge in [-0.05, 0) is 56.7 Å². The number of rotatable bonds is 7. The topological polar surface area (TPSA) is 42.0 Å². The smallest absolute Gasteiger partial charge is 0.230 e. The molecule has 1 saturated carbocycles. The molecule has 1 amide bonds. The van der Waals surface area contributed by atoms with Gasteiger partial charge < -0.3 is 5.32 Å². The lowest BCUT2D eigenvalue weighted by Gasteiger charge is -2.15. The number of amides is 1. The molecular formula is C18H21BrN2OS. The Labute approximate surface area is 149 Å². The van der Waals surface area contributed by atoms with Gasteiger partial charge >= 0.3 is 0 Å². The van der Waals surface area contributed by atoms with Crippen molar-refractivity contribution in [1.29, 1.82) is 0 Å². The maximum absolute atomic E-state index is 12.5. The van der Waals surface area contributed by atoms with Gasteiger partial charge in [-0.1, -0.05) is 28.1 Å². The molecule has 1 aromatic heterocycles. The number of thiazole rings is 1. The highest BCUT2D eigenvalue weighted by Crippen LogP contribution is 2.48. The number of carbonyl (C=O) groups excluding carboxylic acids is 1. The number of carbonyl (C=O) groups is 1. The molecule has 1 aliphatic carbocycles. The van der Waals surface area contributed by atoms with Crippen LogP contribution in [-0.2, 0) is 16.6 Å². The quantitative estimate of drug-likeness (QED) is 0.710. The van der Waals surface area contributed by atoms with Crippen molar-refractivity contribution in [3.8, 4) is 0 Å². The fourth-order valence-electron chi connectivity index (χ4n) is 2.83. The molecular weight excluding hydrogens is 372 g/mol. The first kappa shape index (κ1) is 16.7. The average molecular weight is 393 g/mol. The minimum absolute atomic E-state index is 0.185. The van der Waals surface area contributed by atoms with Gasteiger partial charge in [0, 0.05) is 22.1 Å². The zero-order chi connectivity index (χ0) is 16.3. The number of nitrogens with one attached hydrogen (secondary N) is 1. The zero-order valence-electron chi connectivity index (χ0n) is 13.3. The highest BCUT2D eigenvalue weighted by atomic mass is 79.9. The Hall–Kier alpha value is -1.20. The SMILES string of the molecule is Cc1csc(CCCCNC(=O)C2(c3ccc(Br)cc3)CC2)n1. The standard InChI is InChI=1S/C18H21BrN2OS/c1-13-12-23-16(21-13)4-2-3-11-20-17(22)18(9-10-18)14-5-7-15(19)8-6-14/h5-8,12H,2-4,9-11H2,1H3,(H,20,22). The van der Waals surface area contributed by atoms with Crippen LogP contribution < -0.4 is 5.32 Å². The van der Waals surface area contributed by atoms with Crippen LogP contribution in [0.15, 0.2) is 34.1 Å². The highest BCUT2D eigenvalue weighted by molar-refractivity contribution is 9.10. The van der Waals surface area contributed by atoms with E-state index in [-0.39, 0.29) is 11.3 Å². The molecule has 5 heteroatoms. The number of halogens is 1. The van der Waals surface area contributed by atoms with Crippen LogP contribution in [0, 0.1) is 6.92 Å². The number of aromatic nitrogens is 1. The Bertz CT molecular complexity index is 677. The highest BCUT2D eigenvalue weighted by Gasteiger charge is 2.50. The lowest BCUT2D eigenvalue weighted by Crippen LogP contribution is -2.35. The first-order valence-electron chi connectivity index (χ1n) is 8.05. The van der Waals surface area contributed by atoms with Crippen molar-refractivity contribution in [1.82, 2.24) is 10.3 Å². The molecule has 1 aromatic carbocycles. The van der Waals surface area contributed by atoms with E-state index in [9.17, 15) is 4.79 Å². The van der Waals surface area contributed by atoms with E-state index in [0.29, 0.717) is 0 Å². The maximum Gasteiger partial charge on any atom is 0.230 e. The monoisotopic (exact) mass is 392 g/mol. The summed E-state index contributed by atoms with van der Waals surface area (Å²) in [6.45, 7) is 2.78. The summed E-state index contributed by atoms with van der Waals surface area (Å²) >= 11 is 5.17. The second kappa shape index (κ2) is 7.14. The molecule has 0 spiro atoms. The van der Waals surface area contributed by atoms with Crippen LogP contribution in [0.25, 0.3) is 0 Å². The number of aryl methyl sites for hydroxylation is 2. The van der Waals surface area contributed by atoms with Gasteiger partial charge in [-0.15, -0.1) is 11.3 Å². The molecule has 1 fully saturated rings. The molecule has 1 N–H and O–H groups in total. The van der Waals surface area contributed by atoms with Crippen molar-refractivity contribution in [3.05, 3.63) is 50.4 Å². The second-order valence-corrected chi connectivity index (χ2v) is 8.04. The summed E-state index contributed by atoms with van der Waals surface area (Å²) < 4.78 is 1.05. The molecule has 3 rings (SSSR count). The van der Waals surface area contributed by atoms with E-state index in [4.69, 9.17) is 0 Å². The number of nitrogens with zero attached hydrogens (tertiary/aromatic N) is 1. The maximum atomic E-state index is 12.5. The zero-order valence-corrected chi connectivity index (χ0v) is 15.7. The molecule has 0 aliphatic heterocycles. The molecule has 3 nitrogen and oxygen atoms in total. The molecule has 2 aromatic rings. The molecule has 1 heterocycles. The molecule has 0 bridgehead atoms. The molecule has 0 saturated heterocycles. The van der Waals surface area contributed by atoms with Gasteiger partial charge in [-0.3, -0.25) is 4.79 Å². The third-order valence-electron chi connectivity index (χ3n) is 4.35. The summed E-state index contributed by atoms with van der Waals surface area (Å²) in [5, 5.41) is 6.41. The van der Waals surface area contributed by atoms with Gasteiger partial charge in [0.15, 0.2) is 0 Å². The molecule has 1 aliphatic rings. The van der Waals surface area contributed by atoms with Gasteiger partial charge in [0.2, 0.25) is 5.91 Å². The minimum atomic E-state index is -0.271. The Kier molecular flexibility index (Phi) is 5.17. The largest absolute Gasteiger partial charge is 0.355 e. The van der Waals surface area contributed by atoms with Crippen LogP contribution in [0.4, 0.5) is 0 Å². The van der Waals surface area contributed by atoms with Gasteiger partial charge in [0.1, 0.15) is 0 Å². The molecule has 0 radical (unpaired) electrons. The van der Waals surface area contributed by atoms with Crippen molar-refractivity contribution >= 4 is 33.2 Å². The number of unbranched alkanes of at least 4 members (excludes halogenated alkanes) is 1. The molecule has 122 valence electrons. The van der Waals surface area contributed by atoms with Crippen LogP contribution in [0.3, 0.4) is 0 Å². The fraction of sp³-hybridized carbons (Fsp3) is 0.444. The van der Waals surface area contributed by atoms with E-state index < -0.39 is 0 Å². The van der Waals surface area contributed by atoms with Crippen LogP contribution in [0.5, 0.6) is 0 Å². The summed E-state index contributed by atoms with van der Waals surface area (Å²) in [7, 11) is 0. The lowest BCUT2D eigenvalue weighted by molar-refractivity contribution is -0.123. The van der Waals surface area contributed by atoms with Crippen LogP contribution in [-0.4, -0.2) is 17.4 Å². The number of benzene rings is 1. The van der Waals surface area contributed by atoms with Crippen molar-refractivity contribution in [2.45, 2.75) is 44.4 Å². The van der Waals surface area contributed by atoms with Crippen molar-refractivity contribution in [2.24, 2.45) is 0 Å². The Morgan fingerprint density at radius 2 is 2.04 bits per heavy atom. The predicted octanol–water partition coefficient (Wildman–Crippen LogP) is 4.38. The lowest BCUT2D eigenvalue weighted by atomic mass is 9.95. The fourth-order valence-corrected chi connectivity index (χ4v) is 3.91. The van der Waals surface area contributed by atoms with Crippen molar-refractivity contribution < 1.29 is 4.79 Å². The normalized spacial score (nSPS) is 15.4. The number of hydrogen-bond acceptors (Lipinski definition) is 3. The Balaban J connectivity index is 1.43. The predicted molar refractivity (Wildman–Crippen MR) is 97.9 cm³/mol. The summed E-state index contributed by atoms with van der Waals surface area (Å²) in [5.41, 5.74) is 1.97. The van der Waals surface area contributed by atoms with E-state index in [2.05, 4.69) is 43.7 Å². The van der Waals surface area contributed by atoms with Gasteiger partial charge in [-0.2, -0.15) is 0 Å². The third kappa shape index (κ3) is 4.01. The van der Waals surface area contributed by atoms with Crippen molar-refractivity contribution in [3.63, 3.8) is 0 Å². The summed E-state index contributed by atoms with van der Waals surface area (Å²) in [6.07, 6.45) is 4.99. The van der Waals surface area contributed by atoms with E-state index in [1.54, 1.807) is 11.3 Å². The average Bonchev–Trinajstić information content (AvgIpc) is 3.25. The minimum Gasteiger partial charge on any atom is -0.355 e. The summed E-state index contributed by atoms with van der Waals surface area (Å²) in [4.78, 5) is 17.0. The van der Waals surface area contributed by atoms with E-state index in [0.717, 1.165) is 54.4 Å². The third-order valence-corrected chi connectivity index (χ3v) is 5.91. The molecule has 0 unspecified atom stereocenters. The Morgan fingerprint density at radius 3 is 2.65 bits per heavy atom. The first-order chi connectivity index (χ1) is 11.1. The van der Waals surface area contributed by atoms with Crippen LogP contribution in [0.1, 0.15) is 41.9 Å². The van der Waals surface area contributed by atoms with Crippen molar-refractivity contribution in [2.75, 3.05) is 6.54 Å². The molecule has 0 atom stereocenters. The van der Waals surface area contributed by atoms with E-state index >= 15 is 0 Å². The van der Waals surface area contributed by atoms with E-state index in [1.807, 2.05) is 19.1 Å². The van der Waals surface area contributed by atoms with Gasteiger partial charge in [0.25, 0.3) is 0 Å². The van der Waals surface area contributed by atoms with Crippen LogP contribution >= 0.6 is 27.3 Å². The Morgan fingerprint density at radius 1 is 1.30 bits per heavy atom. The van der Waals surface area contributed by atoms with Gasteiger partial charge in [-0.25, -0.2) is 4.98 Å².